The molecule has 2 N–H and O–H groups in total. The van der Waals surface area contributed by atoms with Crippen LogP contribution in [0.3, 0.4) is 0 Å². The number of amides is 2. The number of rotatable bonds is 7. The Morgan fingerprint density at radius 3 is 2.50 bits per heavy atom. The summed E-state index contributed by atoms with van der Waals surface area (Å²) >= 11 is 0. The molecule has 126 valence electrons. The molecule has 0 unspecified atom stereocenters. The van der Waals surface area contributed by atoms with Gasteiger partial charge in [0.25, 0.3) is 11.8 Å². The number of hydrogen-bond donors (Lipinski definition) is 2. The Balaban J connectivity index is 1.93. The highest BCUT2D eigenvalue weighted by Gasteiger charge is 2.11. The Labute approximate surface area is 141 Å². The molecule has 24 heavy (non-hydrogen) atoms. The fraction of sp³-hybridized carbons (Fsp3) is 0.278. The van der Waals surface area contributed by atoms with E-state index in [2.05, 4.69) is 15.6 Å². The van der Waals surface area contributed by atoms with Crippen molar-refractivity contribution in [3.05, 3.63) is 65.5 Å². The third kappa shape index (κ3) is 5.48. The highest BCUT2D eigenvalue weighted by Crippen LogP contribution is 2.03. The maximum absolute atomic E-state index is 12.2. The van der Waals surface area contributed by atoms with Crippen molar-refractivity contribution in [3.8, 4) is 0 Å². The van der Waals surface area contributed by atoms with Gasteiger partial charge in [0.1, 0.15) is 5.69 Å². The van der Waals surface area contributed by atoms with Crippen molar-refractivity contribution in [1.82, 2.24) is 20.5 Å². The van der Waals surface area contributed by atoms with Gasteiger partial charge in [0.2, 0.25) is 0 Å². The molecule has 2 aromatic rings. The van der Waals surface area contributed by atoms with Crippen LogP contribution in [-0.2, 0) is 6.54 Å². The molecule has 0 bridgehead atoms. The highest BCUT2D eigenvalue weighted by atomic mass is 16.2. The zero-order valence-electron chi connectivity index (χ0n) is 14.0. The van der Waals surface area contributed by atoms with Crippen molar-refractivity contribution in [2.45, 2.75) is 6.54 Å². The first-order valence-electron chi connectivity index (χ1n) is 7.77. The molecule has 0 saturated carbocycles. The number of nitrogens with zero attached hydrogens (tertiary/aromatic N) is 2. The summed E-state index contributed by atoms with van der Waals surface area (Å²) < 4.78 is 0. The van der Waals surface area contributed by atoms with Crippen molar-refractivity contribution in [3.63, 3.8) is 0 Å². The van der Waals surface area contributed by atoms with E-state index in [9.17, 15) is 9.59 Å². The quantitative estimate of drug-likeness (QED) is 0.804. The van der Waals surface area contributed by atoms with Crippen LogP contribution in [-0.4, -0.2) is 48.9 Å². The minimum absolute atomic E-state index is 0.212. The van der Waals surface area contributed by atoms with E-state index in [-0.39, 0.29) is 17.5 Å². The molecule has 1 aromatic heterocycles. The molecule has 0 spiro atoms. The monoisotopic (exact) mass is 326 g/mol. The highest BCUT2D eigenvalue weighted by molar-refractivity contribution is 5.98. The van der Waals surface area contributed by atoms with Crippen LogP contribution in [0.15, 0.2) is 48.7 Å². The second-order valence-corrected chi connectivity index (χ2v) is 5.66. The number of pyridine rings is 1. The van der Waals surface area contributed by atoms with E-state index < -0.39 is 0 Å². The van der Waals surface area contributed by atoms with Gasteiger partial charge in [-0.2, -0.15) is 0 Å². The molecule has 1 heterocycles. The first-order valence-corrected chi connectivity index (χ1v) is 7.77. The van der Waals surface area contributed by atoms with Crippen LogP contribution < -0.4 is 10.6 Å². The Morgan fingerprint density at radius 1 is 1.04 bits per heavy atom. The summed E-state index contributed by atoms with van der Waals surface area (Å²) in [6.07, 6.45) is 1.47. The molecule has 2 rings (SSSR count). The SMILES string of the molecule is CN(C)CCNC(=O)c1ccnc(C(=O)NCc2ccccc2)c1. The summed E-state index contributed by atoms with van der Waals surface area (Å²) in [4.78, 5) is 30.3. The molecular formula is C18H22N4O2. The summed E-state index contributed by atoms with van der Waals surface area (Å²) in [5.74, 6) is -0.516. The smallest absolute Gasteiger partial charge is 0.270 e. The van der Waals surface area contributed by atoms with E-state index in [1.165, 1.54) is 12.3 Å². The van der Waals surface area contributed by atoms with Crippen LogP contribution in [0.5, 0.6) is 0 Å². The molecule has 0 saturated heterocycles. The number of aromatic nitrogens is 1. The number of hydrogen-bond acceptors (Lipinski definition) is 4. The Morgan fingerprint density at radius 2 is 1.79 bits per heavy atom. The predicted octanol–water partition coefficient (Wildman–Crippen LogP) is 1.30. The third-order valence-corrected chi connectivity index (χ3v) is 3.40. The van der Waals surface area contributed by atoms with E-state index in [0.29, 0.717) is 18.7 Å². The maximum atomic E-state index is 12.2. The van der Waals surface area contributed by atoms with Gasteiger partial charge in [-0.25, -0.2) is 0 Å². The topological polar surface area (TPSA) is 74.3 Å². The first kappa shape index (κ1) is 17.6. The summed E-state index contributed by atoms with van der Waals surface area (Å²) in [6.45, 7) is 1.71. The van der Waals surface area contributed by atoms with E-state index in [1.54, 1.807) is 6.07 Å². The molecule has 6 nitrogen and oxygen atoms in total. The second-order valence-electron chi connectivity index (χ2n) is 5.66. The van der Waals surface area contributed by atoms with Crippen LogP contribution in [0.25, 0.3) is 0 Å². The Kier molecular flexibility index (Phi) is 6.45. The van der Waals surface area contributed by atoms with Gasteiger partial charge in [0.05, 0.1) is 0 Å². The van der Waals surface area contributed by atoms with Gasteiger partial charge >= 0.3 is 0 Å². The minimum atomic E-state index is -0.304. The number of benzene rings is 1. The zero-order chi connectivity index (χ0) is 17.4. The van der Waals surface area contributed by atoms with Gasteiger partial charge in [-0.3, -0.25) is 14.6 Å². The summed E-state index contributed by atoms with van der Waals surface area (Å²) in [5, 5.41) is 5.61. The maximum Gasteiger partial charge on any atom is 0.270 e. The number of carbonyl (C=O) groups is 2. The van der Waals surface area contributed by atoms with Crippen molar-refractivity contribution >= 4 is 11.8 Å². The van der Waals surface area contributed by atoms with Crippen LogP contribution in [0.1, 0.15) is 26.4 Å². The van der Waals surface area contributed by atoms with Crippen LogP contribution >= 0.6 is 0 Å². The van der Waals surface area contributed by atoms with Gasteiger partial charge in [0, 0.05) is 31.4 Å². The van der Waals surface area contributed by atoms with Gasteiger partial charge in [-0.05, 0) is 31.8 Å². The lowest BCUT2D eigenvalue weighted by Crippen LogP contribution is -2.31. The lowest BCUT2D eigenvalue weighted by atomic mass is 10.2. The third-order valence-electron chi connectivity index (χ3n) is 3.40. The van der Waals surface area contributed by atoms with Crippen molar-refractivity contribution in [2.75, 3.05) is 27.2 Å². The standard InChI is InChI=1S/C18H22N4O2/c1-22(2)11-10-20-17(23)15-8-9-19-16(12-15)18(24)21-13-14-6-4-3-5-7-14/h3-9,12H,10-11,13H2,1-2H3,(H,20,23)(H,21,24). The van der Waals surface area contributed by atoms with Crippen LogP contribution in [0.2, 0.25) is 0 Å². The molecule has 0 radical (unpaired) electrons. The fourth-order valence-corrected chi connectivity index (χ4v) is 2.06. The zero-order valence-corrected chi connectivity index (χ0v) is 14.0. The van der Waals surface area contributed by atoms with Gasteiger partial charge in [-0.1, -0.05) is 30.3 Å². The molecule has 1 aromatic carbocycles. The molecule has 0 aliphatic rings. The number of likely N-dealkylation sites (N-methyl/N-ethyl adjacent to an activating group) is 1. The lowest BCUT2D eigenvalue weighted by Gasteiger charge is -2.11. The summed E-state index contributed by atoms with van der Waals surface area (Å²) in [6, 6.07) is 12.7. The molecule has 0 fully saturated rings. The van der Waals surface area contributed by atoms with Gasteiger partial charge in [-0.15, -0.1) is 0 Å². The minimum Gasteiger partial charge on any atom is -0.351 e. The first-order chi connectivity index (χ1) is 11.6. The van der Waals surface area contributed by atoms with Crippen LogP contribution in [0.4, 0.5) is 0 Å². The van der Waals surface area contributed by atoms with Crippen molar-refractivity contribution in [1.29, 1.82) is 0 Å². The molecule has 6 heteroatoms. The normalized spacial score (nSPS) is 10.5. The van der Waals surface area contributed by atoms with Gasteiger partial charge < -0.3 is 15.5 Å². The largest absolute Gasteiger partial charge is 0.351 e. The summed E-state index contributed by atoms with van der Waals surface area (Å²) in [7, 11) is 3.88. The molecule has 0 aliphatic heterocycles. The molecule has 0 aliphatic carbocycles. The Hall–Kier alpha value is -2.73. The van der Waals surface area contributed by atoms with E-state index in [1.807, 2.05) is 49.3 Å². The predicted molar refractivity (Wildman–Crippen MR) is 92.7 cm³/mol. The van der Waals surface area contributed by atoms with Crippen molar-refractivity contribution < 1.29 is 9.59 Å². The van der Waals surface area contributed by atoms with Crippen LogP contribution in [0, 0.1) is 0 Å². The number of carbonyl (C=O) groups excluding carboxylic acids is 2. The van der Waals surface area contributed by atoms with Crippen molar-refractivity contribution in [2.24, 2.45) is 0 Å². The van der Waals surface area contributed by atoms with Gasteiger partial charge in [0.15, 0.2) is 0 Å². The van der Waals surface area contributed by atoms with E-state index in [4.69, 9.17) is 0 Å². The molecular weight excluding hydrogens is 304 g/mol. The van der Waals surface area contributed by atoms with E-state index in [0.717, 1.165) is 12.1 Å². The summed E-state index contributed by atoms with van der Waals surface area (Å²) in [5.41, 5.74) is 1.66. The van der Waals surface area contributed by atoms with E-state index >= 15 is 0 Å². The Bertz CT molecular complexity index is 686. The second kappa shape index (κ2) is 8.79. The molecule has 2 amide bonds. The molecule has 0 atom stereocenters. The average molecular weight is 326 g/mol. The fourth-order valence-electron chi connectivity index (χ4n) is 2.06. The lowest BCUT2D eigenvalue weighted by molar-refractivity contribution is 0.0946. The number of nitrogens with one attached hydrogen (secondary N) is 2. The average Bonchev–Trinajstić information content (AvgIpc) is 2.60.